The molecule has 3 heterocycles. The minimum absolute atomic E-state index is 0.000435. The number of amides is 6. The summed E-state index contributed by atoms with van der Waals surface area (Å²) in [6, 6.07) is 19.2. The Kier molecular flexibility index (Phi) is 17.2. The highest BCUT2D eigenvalue weighted by Crippen LogP contribution is 2.18. The van der Waals surface area contributed by atoms with Crippen LogP contribution in [0.15, 0.2) is 90.4 Å². The fourth-order valence-electron chi connectivity index (χ4n) is 5.83. The molecule has 5 N–H and O–H groups in total. The fourth-order valence-corrected chi connectivity index (χ4v) is 5.83. The molecule has 348 valence electrons. The Morgan fingerprint density at radius 1 is 0.697 bits per heavy atom. The first-order valence-electron chi connectivity index (χ1n) is 20.2. The van der Waals surface area contributed by atoms with Gasteiger partial charge >= 0.3 is 29.9 Å². The van der Waals surface area contributed by atoms with Gasteiger partial charge in [0.05, 0.1) is 12.9 Å². The van der Waals surface area contributed by atoms with E-state index in [9.17, 15) is 43.5 Å². The number of carbonyl (C=O) groups is 7. The predicted molar refractivity (Wildman–Crippen MR) is 232 cm³/mol. The minimum atomic E-state index is -1.33. The monoisotopic (exact) mass is 912 g/mol. The maximum Gasteiger partial charge on any atom is 0.413 e. The number of rotatable bonds is 20. The lowest BCUT2D eigenvalue weighted by molar-refractivity contribution is -0.144. The van der Waals surface area contributed by atoms with Gasteiger partial charge < -0.3 is 44.3 Å². The summed E-state index contributed by atoms with van der Waals surface area (Å²) in [6.45, 7) is 1.76. The van der Waals surface area contributed by atoms with Crippen molar-refractivity contribution in [2.45, 2.75) is 52.7 Å². The third-order valence-electron chi connectivity index (χ3n) is 8.88. The van der Waals surface area contributed by atoms with E-state index in [1.165, 1.54) is 23.2 Å². The average Bonchev–Trinajstić information content (AvgIpc) is 3.68. The standard InChI is InChI=1S/C42H48N12O12/c1-42(2,3)66-39(61)44-16-19-51(32(56)21-53-17-14-30(48-38(53)60)49-40(62)64-24-28-10-6-4-7-11-28)20-31(55)43-15-18-52(23-34(58)59)33(57)22-54-27-47-35-36(45-26-46-37(35)54)50-41(63)65-25-29-12-8-5-9-13-29/h4-14,17,26-27H,15-16,18-25H2,1-3H3,(H,43,55)(H,44,61)(H,58,59)(H,45,46,50,63)(H,48,49,60,62). The van der Waals surface area contributed by atoms with Crippen LogP contribution in [0.3, 0.4) is 0 Å². The van der Waals surface area contributed by atoms with Crippen LogP contribution in [0.4, 0.5) is 26.0 Å². The molecular formula is C42H48N12O12. The number of ether oxygens (including phenoxy) is 3. The van der Waals surface area contributed by atoms with Crippen molar-refractivity contribution in [3.05, 3.63) is 107 Å². The van der Waals surface area contributed by atoms with Gasteiger partial charge in [-0.25, -0.2) is 34.1 Å². The van der Waals surface area contributed by atoms with Crippen molar-refractivity contribution >= 4 is 64.8 Å². The number of aromatic nitrogens is 6. The van der Waals surface area contributed by atoms with Crippen molar-refractivity contribution in [3.63, 3.8) is 0 Å². The number of benzene rings is 2. The van der Waals surface area contributed by atoms with Gasteiger partial charge in [0.1, 0.15) is 50.6 Å². The minimum Gasteiger partial charge on any atom is -0.480 e. The first-order chi connectivity index (χ1) is 31.5. The van der Waals surface area contributed by atoms with Gasteiger partial charge in [0.15, 0.2) is 17.0 Å². The van der Waals surface area contributed by atoms with E-state index in [1.807, 2.05) is 12.1 Å². The second-order valence-electron chi connectivity index (χ2n) is 15.2. The van der Waals surface area contributed by atoms with Gasteiger partial charge in [-0.15, -0.1) is 0 Å². The maximum absolute atomic E-state index is 13.5. The van der Waals surface area contributed by atoms with Crippen molar-refractivity contribution in [1.29, 1.82) is 0 Å². The molecule has 0 unspecified atom stereocenters. The Morgan fingerprint density at radius 3 is 1.86 bits per heavy atom. The summed E-state index contributed by atoms with van der Waals surface area (Å²) >= 11 is 0. The zero-order chi connectivity index (χ0) is 47.6. The number of hydrogen-bond donors (Lipinski definition) is 5. The smallest absolute Gasteiger partial charge is 0.413 e. The Morgan fingerprint density at radius 2 is 1.27 bits per heavy atom. The third kappa shape index (κ3) is 15.7. The van der Waals surface area contributed by atoms with Crippen LogP contribution in [0, 0.1) is 0 Å². The molecule has 0 atom stereocenters. The SMILES string of the molecule is CC(C)(C)OC(=O)NCCN(CC(=O)NCCN(CC(=O)O)C(=O)Cn1cnc2c(NC(=O)OCc3ccccc3)ncnc21)C(=O)Cn1ccc(NC(=O)OCc2ccccc2)nc1=O. The molecule has 0 radical (unpaired) electrons. The lowest BCUT2D eigenvalue weighted by Gasteiger charge is -2.25. The summed E-state index contributed by atoms with van der Waals surface area (Å²) in [5.41, 5.74) is 0.0607. The molecule has 0 saturated heterocycles. The molecule has 0 fully saturated rings. The van der Waals surface area contributed by atoms with E-state index in [-0.39, 0.29) is 62.2 Å². The Hall–Kier alpha value is -8.44. The molecule has 0 aliphatic heterocycles. The number of nitrogens with zero attached hydrogens (tertiary/aromatic N) is 8. The number of alkyl carbamates (subject to hydrolysis) is 1. The number of nitrogens with one attached hydrogen (secondary N) is 4. The molecule has 0 aliphatic carbocycles. The van der Waals surface area contributed by atoms with E-state index in [4.69, 9.17) is 14.2 Å². The van der Waals surface area contributed by atoms with Crippen molar-refractivity contribution < 1.29 is 52.9 Å². The second kappa shape index (κ2) is 23.3. The molecule has 0 saturated carbocycles. The highest BCUT2D eigenvalue weighted by Gasteiger charge is 2.23. The number of carboxylic acids is 1. The lowest BCUT2D eigenvalue weighted by atomic mass is 10.2. The Labute approximate surface area is 376 Å². The van der Waals surface area contributed by atoms with Gasteiger partial charge in [-0.2, -0.15) is 4.98 Å². The van der Waals surface area contributed by atoms with E-state index >= 15 is 0 Å². The van der Waals surface area contributed by atoms with Crippen LogP contribution in [0.1, 0.15) is 31.9 Å². The van der Waals surface area contributed by atoms with Crippen LogP contribution in [-0.2, 0) is 59.7 Å². The molecule has 2 aromatic carbocycles. The lowest BCUT2D eigenvalue weighted by Crippen LogP contribution is -2.48. The molecule has 0 spiro atoms. The molecular weight excluding hydrogens is 865 g/mol. The molecule has 66 heavy (non-hydrogen) atoms. The largest absolute Gasteiger partial charge is 0.480 e. The van der Waals surface area contributed by atoms with E-state index in [1.54, 1.807) is 69.3 Å². The summed E-state index contributed by atoms with van der Waals surface area (Å²) in [7, 11) is 0. The maximum atomic E-state index is 13.5. The third-order valence-corrected chi connectivity index (χ3v) is 8.88. The Bertz CT molecular complexity index is 2560. The van der Waals surface area contributed by atoms with Gasteiger partial charge in [-0.05, 0) is 38.0 Å². The van der Waals surface area contributed by atoms with Gasteiger partial charge in [-0.3, -0.25) is 34.4 Å². The quantitative estimate of drug-likeness (QED) is 0.0697. The van der Waals surface area contributed by atoms with Crippen LogP contribution in [0.5, 0.6) is 0 Å². The molecule has 5 aromatic rings. The van der Waals surface area contributed by atoms with Crippen LogP contribution in [0.25, 0.3) is 11.2 Å². The van der Waals surface area contributed by atoms with Crippen molar-refractivity contribution in [2.75, 3.05) is 49.9 Å². The van der Waals surface area contributed by atoms with E-state index in [0.29, 0.717) is 0 Å². The van der Waals surface area contributed by atoms with Crippen molar-refractivity contribution in [3.8, 4) is 0 Å². The van der Waals surface area contributed by atoms with E-state index < -0.39 is 79.4 Å². The molecule has 3 aromatic heterocycles. The number of carboxylic acid groups (broad SMARTS) is 1. The highest BCUT2D eigenvalue weighted by atomic mass is 16.6. The first-order valence-corrected chi connectivity index (χ1v) is 20.2. The molecule has 6 amide bonds. The van der Waals surface area contributed by atoms with Crippen LogP contribution < -0.4 is 27.0 Å². The zero-order valence-corrected chi connectivity index (χ0v) is 36.2. The molecule has 24 heteroatoms. The highest BCUT2D eigenvalue weighted by molar-refractivity contribution is 5.94. The summed E-state index contributed by atoms with van der Waals surface area (Å²) in [6.07, 6.45) is 1.17. The number of carbonyl (C=O) groups excluding carboxylic acids is 6. The molecule has 24 nitrogen and oxygen atoms in total. The first kappa shape index (κ1) is 48.6. The van der Waals surface area contributed by atoms with Gasteiger partial charge in [-0.1, -0.05) is 60.7 Å². The average molecular weight is 913 g/mol. The van der Waals surface area contributed by atoms with Crippen molar-refractivity contribution in [1.82, 2.24) is 49.5 Å². The van der Waals surface area contributed by atoms with Gasteiger partial charge in [0, 0.05) is 32.4 Å². The Balaban J connectivity index is 1.17. The van der Waals surface area contributed by atoms with E-state index in [2.05, 4.69) is 41.2 Å². The number of fused-ring (bicyclic) bond motifs is 1. The molecule has 0 aliphatic rings. The van der Waals surface area contributed by atoms with Crippen LogP contribution in [0.2, 0.25) is 0 Å². The number of hydrogen-bond acceptors (Lipinski definition) is 15. The second-order valence-corrected chi connectivity index (χ2v) is 15.2. The molecule has 0 bridgehead atoms. The molecule has 5 rings (SSSR count). The summed E-state index contributed by atoms with van der Waals surface area (Å²) in [5, 5.41) is 19.5. The van der Waals surface area contributed by atoms with Crippen molar-refractivity contribution in [2.24, 2.45) is 0 Å². The number of aliphatic carboxylic acids is 1. The zero-order valence-electron chi connectivity index (χ0n) is 36.2. The fraction of sp³-hybridized carbons (Fsp3) is 0.333. The topological polar surface area (TPSA) is 300 Å². The summed E-state index contributed by atoms with van der Waals surface area (Å²) in [5.74, 6) is -3.60. The van der Waals surface area contributed by atoms with E-state index in [0.717, 1.165) is 31.8 Å². The predicted octanol–water partition coefficient (Wildman–Crippen LogP) is 1.96. The number of imidazole rings is 1. The van der Waals surface area contributed by atoms with Crippen LogP contribution >= 0.6 is 0 Å². The normalized spacial score (nSPS) is 10.9. The van der Waals surface area contributed by atoms with Gasteiger partial charge in [0.25, 0.3) is 0 Å². The van der Waals surface area contributed by atoms with Gasteiger partial charge in [0.2, 0.25) is 17.7 Å². The summed E-state index contributed by atoms with van der Waals surface area (Å²) in [4.78, 5) is 120. The van der Waals surface area contributed by atoms with Crippen LogP contribution in [-0.4, -0.2) is 131 Å². The summed E-state index contributed by atoms with van der Waals surface area (Å²) < 4.78 is 17.9. The number of anilines is 2.